The van der Waals surface area contributed by atoms with E-state index < -0.39 is 5.66 Å². The van der Waals surface area contributed by atoms with Crippen molar-refractivity contribution in [2.75, 3.05) is 5.01 Å². The molecule has 0 aromatic heterocycles. The van der Waals surface area contributed by atoms with Crippen molar-refractivity contribution in [1.82, 2.24) is 10.7 Å². The first-order valence-corrected chi connectivity index (χ1v) is 5.01. The highest BCUT2D eigenvalue weighted by Gasteiger charge is 2.34. The number of urea groups is 1. The number of anilines is 1. The topological polar surface area (TPSA) is 44.4 Å². The lowest BCUT2D eigenvalue weighted by Gasteiger charge is -2.19. The highest BCUT2D eigenvalue weighted by atomic mass is 35.5. The first kappa shape index (κ1) is 10.3. The first-order valence-electron chi connectivity index (χ1n) is 4.64. The maximum Gasteiger partial charge on any atom is 0.338 e. The van der Waals surface area contributed by atoms with Crippen LogP contribution in [-0.2, 0) is 0 Å². The Morgan fingerprint density at radius 2 is 1.87 bits per heavy atom. The summed E-state index contributed by atoms with van der Waals surface area (Å²) in [5.74, 6) is 0. The molecule has 1 heterocycles. The van der Waals surface area contributed by atoms with Crippen molar-refractivity contribution in [3.8, 4) is 0 Å². The second kappa shape index (κ2) is 3.40. The summed E-state index contributed by atoms with van der Waals surface area (Å²) in [5, 5.41) is 4.92. The zero-order valence-corrected chi connectivity index (χ0v) is 9.30. The van der Waals surface area contributed by atoms with Gasteiger partial charge in [0.1, 0.15) is 5.66 Å². The number of hydrogen-bond acceptors (Lipinski definition) is 2. The fourth-order valence-electron chi connectivity index (χ4n) is 1.45. The maximum atomic E-state index is 11.6. The molecule has 2 amide bonds. The van der Waals surface area contributed by atoms with Crippen molar-refractivity contribution in [3.05, 3.63) is 29.3 Å². The average Bonchev–Trinajstić information content (AvgIpc) is 2.41. The molecular weight excluding hydrogens is 214 g/mol. The van der Waals surface area contributed by atoms with Crippen LogP contribution >= 0.6 is 11.6 Å². The van der Waals surface area contributed by atoms with Crippen LogP contribution in [0, 0.1) is 0 Å². The van der Waals surface area contributed by atoms with Crippen molar-refractivity contribution in [2.24, 2.45) is 0 Å². The van der Waals surface area contributed by atoms with Gasteiger partial charge in [0.05, 0.1) is 5.69 Å². The molecule has 1 aliphatic rings. The number of halogens is 1. The SMILES string of the molecule is CC1(C)NC(=O)N(c2ccc(Cl)cc2)N1. The number of carbonyl (C=O) groups is 1. The summed E-state index contributed by atoms with van der Waals surface area (Å²) in [4.78, 5) is 11.6. The standard InChI is InChI=1S/C10H12ClN3O/c1-10(2)12-9(15)14(13-10)8-5-3-7(11)4-6-8/h3-6,13H,1-2H3,(H,12,15). The predicted octanol–water partition coefficient (Wildman–Crippen LogP) is 2.11. The normalized spacial score (nSPS) is 19.1. The molecule has 0 radical (unpaired) electrons. The highest BCUT2D eigenvalue weighted by Crippen LogP contribution is 2.20. The van der Waals surface area contributed by atoms with E-state index in [0.29, 0.717) is 5.02 Å². The lowest BCUT2D eigenvalue weighted by atomic mass is 10.3. The third-order valence-corrected chi connectivity index (χ3v) is 2.35. The minimum Gasteiger partial charge on any atom is -0.317 e. The summed E-state index contributed by atoms with van der Waals surface area (Å²) in [6, 6.07) is 6.91. The van der Waals surface area contributed by atoms with Crippen molar-refractivity contribution >= 4 is 23.3 Å². The Morgan fingerprint density at radius 1 is 1.27 bits per heavy atom. The number of hydrazine groups is 1. The van der Waals surface area contributed by atoms with Crippen molar-refractivity contribution in [2.45, 2.75) is 19.5 Å². The Bertz CT molecular complexity index is 388. The molecule has 1 aromatic rings. The van der Waals surface area contributed by atoms with Crippen LogP contribution in [0.4, 0.5) is 10.5 Å². The number of amides is 2. The van der Waals surface area contributed by atoms with Crippen LogP contribution in [0.5, 0.6) is 0 Å². The van der Waals surface area contributed by atoms with Crippen molar-refractivity contribution in [3.63, 3.8) is 0 Å². The molecule has 15 heavy (non-hydrogen) atoms. The number of benzene rings is 1. The summed E-state index contributed by atoms with van der Waals surface area (Å²) in [5.41, 5.74) is 3.39. The van der Waals surface area contributed by atoms with Gasteiger partial charge in [-0.2, -0.15) is 0 Å². The molecule has 1 saturated heterocycles. The van der Waals surface area contributed by atoms with Crippen LogP contribution in [-0.4, -0.2) is 11.7 Å². The molecule has 0 bridgehead atoms. The zero-order chi connectivity index (χ0) is 11.1. The molecule has 2 rings (SSSR count). The zero-order valence-electron chi connectivity index (χ0n) is 8.54. The van der Waals surface area contributed by atoms with Gasteiger partial charge >= 0.3 is 6.03 Å². The fourth-order valence-corrected chi connectivity index (χ4v) is 1.58. The number of nitrogens with zero attached hydrogens (tertiary/aromatic N) is 1. The van der Waals surface area contributed by atoms with Crippen LogP contribution in [0.2, 0.25) is 5.02 Å². The van der Waals surface area contributed by atoms with Gasteiger partial charge in [-0.25, -0.2) is 15.2 Å². The number of hydrogen-bond donors (Lipinski definition) is 2. The van der Waals surface area contributed by atoms with Gasteiger partial charge in [-0.1, -0.05) is 11.6 Å². The third-order valence-electron chi connectivity index (χ3n) is 2.10. The van der Waals surface area contributed by atoms with Crippen molar-refractivity contribution in [1.29, 1.82) is 0 Å². The van der Waals surface area contributed by atoms with E-state index in [-0.39, 0.29) is 6.03 Å². The van der Waals surface area contributed by atoms with Crippen LogP contribution < -0.4 is 15.8 Å². The van der Waals surface area contributed by atoms with E-state index in [4.69, 9.17) is 11.6 Å². The summed E-state index contributed by atoms with van der Waals surface area (Å²) < 4.78 is 0. The van der Waals surface area contributed by atoms with Gasteiger partial charge in [0, 0.05) is 5.02 Å². The van der Waals surface area contributed by atoms with E-state index in [1.165, 1.54) is 5.01 Å². The second-order valence-electron chi connectivity index (χ2n) is 3.98. The van der Waals surface area contributed by atoms with Crippen LogP contribution in [0.1, 0.15) is 13.8 Å². The van der Waals surface area contributed by atoms with Crippen LogP contribution in [0.25, 0.3) is 0 Å². The Balaban J connectivity index is 2.25. The Labute approximate surface area is 93.2 Å². The summed E-state index contributed by atoms with van der Waals surface area (Å²) >= 11 is 5.77. The molecule has 4 nitrogen and oxygen atoms in total. The van der Waals surface area contributed by atoms with E-state index in [0.717, 1.165) is 5.69 Å². The van der Waals surface area contributed by atoms with Gasteiger partial charge in [0.15, 0.2) is 0 Å². The Hall–Kier alpha value is -1.26. The molecule has 1 fully saturated rings. The summed E-state index contributed by atoms with van der Waals surface area (Å²) in [6.07, 6.45) is 0. The molecule has 1 aromatic carbocycles. The molecule has 80 valence electrons. The third kappa shape index (κ3) is 2.06. The Morgan fingerprint density at radius 3 is 2.33 bits per heavy atom. The summed E-state index contributed by atoms with van der Waals surface area (Å²) in [7, 11) is 0. The van der Waals surface area contributed by atoms with Gasteiger partial charge in [-0.05, 0) is 38.1 Å². The van der Waals surface area contributed by atoms with E-state index in [2.05, 4.69) is 10.7 Å². The quantitative estimate of drug-likeness (QED) is 0.769. The van der Waals surface area contributed by atoms with Gasteiger partial charge in [0.2, 0.25) is 0 Å². The van der Waals surface area contributed by atoms with Gasteiger partial charge in [-0.15, -0.1) is 0 Å². The molecule has 0 unspecified atom stereocenters. The molecule has 2 N–H and O–H groups in total. The molecule has 5 heteroatoms. The lowest BCUT2D eigenvalue weighted by molar-refractivity contribution is 0.248. The van der Waals surface area contributed by atoms with Crippen LogP contribution in [0.3, 0.4) is 0 Å². The molecule has 1 aliphatic heterocycles. The minimum atomic E-state index is -0.420. The predicted molar refractivity (Wildman–Crippen MR) is 59.7 cm³/mol. The average molecular weight is 226 g/mol. The molecule has 0 atom stereocenters. The summed E-state index contributed by atoms with van der Waals surface area (Å²) in [6.45, 7) is 3.78. The van der Waals surface area contributed by atoms with Crippen LogP contribution in [0.15, 0.2) is 24.3 Å². The largest absolute Gasteiger partial charge is 0.338 e. The minimum absolute atomic E-state index is 0.165. The molecular formula is C10H12ClN3O. The molecule has 0 saturated carbocycles. The molecule has 0 spiro atoms. The number of nitrogens with one attached hydrogen (secondary N) is 2. The number of carbonyl (C=O) groups excluding carboxylic acids is 1. The number of rotatable bonds is 1. The van der Waals surface area contributed by atoms with Gasteiger partial charge in [-0.3, -0.25) is 0 Å². The smallest absolute Gasteiger partial charge is 0.317 e. The monoisotopic (exact) mass is 225 g/mol. The molecule has 0 aliphatic carbocycles. The van der Waals surface area contributed by atoms with E-state index in [9.17, 15) is 4.79 Å². The Kier molecular flexibility index (Phi) is 2.32. The highest BCUT2D eigenvalue weighted by molar-refractivity contribution is 6.30. The van der Waals surface area contributed by atoms with Gasteiger partial charge in [0.25, 0.3) is 0 Å². The van der Waals surface area contributed by atoms with Gasteiger partial charge < -0.3 is 5.32 Å². The maximum absolute atomic E-state index is 11.6. The fraction of sp³-hybridized carbons (Fsp3) is 0.300. The second-order valence-corrected chi connectivity index (χ2v) is 4.42. The first-order chi connectivity index (χ1) is 6.98. The van der Waals surface area contributed by atoms with E-state index in [1.54, 1.807) is 24.3 Å². The van der Waals surface area contributed by atoms with E-state index in [1.807, 2.05) is 13.8 Å². The van der Waals surface area contributed by atoms with Crippen molar-refractivity contribution < 1.29 is 4.79 Å². The lowest BCUT2D eigenvalue weighted by Crippen LogP contribution is -2.45. The van der Waals surface area contributed by atoms with E-state index >= 15 is 0 Å².